The molecule has 1 aromatic carbocycles. The summed E-state index contributed by atoms with van der Waals surface area (Å²) in [5, 5.41) is 2.87. The zero-order valence-electron chi connectivity index (χ0n) is 9.02. The van der Waals surface area contributed by atoms with Crippen molar-refractivity contribution in [2.75, 3.05) is 5.73 Å². The van der Waals surface area contributed by atoms with Gasteiger partial charge in [0.05, 0.1) is 9.30 Å². The minimum absolute atomic E-state index is 0.499. The first-order valence-corrected chi connectivity index (χ1v) is 7.57. The number of aromatic nitrogens is 2. The number of nitrogens with two attached hydrogens (primary N) is 1. The van der Waals surface area contributed by atoms with Crippen molar-refractivity contribution in [3.05, 3.63) is 37.9 Å². The Kier molecular flexibility index (Phi) is 3.09. The third-order valence-corrected chi connectivity index (χ3v) is 4.51. The molecule has 3 nitrogen and oxygen atoms in total. The molecule has 0 radical (unpaired) electrons. The van der Waals surface area contributed by atoms with Crippen LogP contribution >= 0.6 is 43.2 Å². The van der Waals surface area contributed by atoms with E-state index in [1.807, 2.05) is 29.6 Å². The smallest absolute Gasteiger partial charge is 0.163 e. The van der Waals surface area contributed by atoms with Gasteiger partial charge in [0.25, 0.3) is 0 Å². The fraction of sp³-hybridized carbons (Fsp3) is 0. The lowest BCUT2D eigenvalue weighted by atomic mass is 10.2. The fourth-order valence-corrected chi connectivity index (χ4v) is 3.18. The lowest BCUT2D eigenvalue weighted by Gasteiger charge is -2.04. The van der Waals surface area contributed by atoms with Crippen LogP contribution in [0.5, 0.6) is 0 Å². The second-order valence-electron chi connectivity index (χ2n) is 3.73. The number of anilines is 1. The van der Waals surface area contributed by atoms with Crippen LogP contribution in [0.1, 0.15) is 0 Å². The Labute approximate surface area is 124 Å². The Balaban J connectivity index is 2.24. The molecule has 2 N–H and O–H groups in total. The van der Waals surface area contributed by atoms with Gasteiger partial charge >= 0.3 is 0 Å². The summed E-state index contributed by atoms with van der Waals surface area (Å²) in [5.74, 6) is 1.16. The summed E-state index contributed by atoms with van der Waals surface area (Å²) in [7, 11) is 0. The molecule has 0 unspecified atom stereocenters. The van der Waals surface area contributed by atoms with Gasteiger partial charge in [-0.3, -0.25) is 0 Å². The molecule has 0 saturated carbocycles. The molecule has 0 atom stereocenters. The molecule has 0 aliphatic carbocycles. The van der Waals surface area contributed by atoms with E-state index in [0.717, 1.165) is 24.7 Å². The summed E-state index contributed by atoms with van der Waals surface area (Å²) in [6.07, 6.45) is 0. The SMILES string of the molecule is Nc1nc(-c2csc(Br)c2)nc2ccc(Br)cc12. The minimum atomic E-state index is 0.499. The predicted octanol–water partition coefficient (Wildman–Crippen LogP) is 4.47. The molecule has 0 amide bonds. The Bertz CT molecular complexity index is 739. The highest BCUT2D eigenvalue weighted by molar-refractivity contribution is 9.11. The van der Waals surface area contributed by atoms with E-state index in [0.29, 0.717) is 11.6 Å². The van der Waals surface area contributed by atoms with Crippen LogP contribution in [-0.4, -0.2) is 9.97 Å². The van der Waals surface area contributed by atoms with Crippen LogP contribution in [0.3, 0.4) is 0 Å². The molecule has 0 spiro atoms. The molecule has 90 valence electrons. The second-order valence-corrected chi connectivity index (χ2v) is 6.94. The van der Waals surface area contributed by atoms with Gasteiger partial charge < -0.3 is 5.73 Å². The highest BCUT2D eigenvalue weighted by Gasteiger charge is 2.09. The molecule has 6 heteroatoms. The van der Waals surface area contributed by atoms with E-state index < -0.39 is 0 Å². The zero-order chi connectivity index (χ0) is 12.7. The van der Waals surface area contributed by atoms with Gasteiger partial charge in [0.1, 0.15) is 5.82 Å². The minimum Gasteiger partial charge on any atom is -0.383 e. The molecule has 0 aliphatic rings. The van der Waals surface area contributed by atoms with Gasteiger partial charge in [0, 0.05) is 20.8 Å². The van der Waals surface area contributed by atoms with Crippen molar-refractivity contribution in [1.29, 1.82) is 0 Å². The van der Waals surface area contributed by atoms with Crippen molar-refractivity contribution in [3.63, 3.8) is 0 Å². The average molecular weight is 385 g/mol. The average Bonchev–Trinajstić information content (AvgIpc) is 2.77. The summed E-state index contributed by atoms with van der Waals surface area (Å²) < 4.78 is 2.02. The topological polar surface area (TPSA) is 51.8 Å². The van der Waals surface area contributed by atoms with Gasteiger partial charge in [-0.1, -0.05) is 15.9 Å². The van der Waals surface area contributed by atoms with Crippen molar-refractivity contribution >= 4 is 59.9 Å². The number of thiophene rings is 1. The number of benzene rings is 1. The summed E-state index contributed by atoms with van der Waals surface area (Å²) >= 11 is 8.45. The number of fused-ring (bicyclic) bond motifs is 1. The van der Waals surface area contributed by atoms with E-state index in [4.69, 9.17) is 5.73 Å². The van der Waals surface area contributed by atoms with Crippen molar-refractivity contribution < 1.29 is 0 Å². The lowest BCUT2D eigenvalue weighted by molar-refractivity contribution is 1.24. The number of nitrogen functional groups attached to an aromatic ring is 1. The highest BCUT2D eigenvalue weighted by atomic mass is 79.9. The molecular weight excluding hydrogens is 378 g/mol. The van der Waals surface area contributed by atoms with E-state index in [1.165, 1.54) is 0 Å². The monoisotopic (exact) mass is 383 g/mol. The van der Waals surface area contributed by atoms with Gasteiger partial charge in [-0.25, -0.2) is 9.97 Å². The molecule has 0 fully saturated rings. The van der Waals surface area contributed by atoms with Gasteiger partial charge in [-0.15, -0.1) is 11.3 Å². The van der Waals surface area contributed by atoms with Crippen LogP contribution in [0.4, 0.5) is 5.82 Å². The second kappa shape index (κ2) is 4.60. The van der Waals surface area contributed by atoms with Crippen LogP contribution in [-0.2, 0) is 0 Å². The van der Waals surface area contributed by atoms with E-state index in [-0.39, 0.29) is 0 Å². The molecule has 2 heterocycles. The van der Waals surface area contributed by atoms with E-state index in [1.54, 1.807) is 11.3 Å². The van der Waals surface area contributed by atoms with Crippen molar-refractivity contribution in [2.24, 2.45) is 0 Å². The van der Waals surface area contributed by atoms with Crippen LogP contribution in [0.15, 0.2) is 37.9 Å². The van der Waals surface area contributed by atoms with Crippen LogP contribution in [0.2, 0.25) is 0 Å². The number of rotatable bonds is 1. The van der Waals surface area contributed by atoms with E-state index in [9.17, 15) is 0 Å². The molecule has 0 bridgehead atoms. The molecule has 3 rings (SSSR count). The van der Waals surface area contributed by atoms with Gasteiger partial charge in [0.2, 0.25) is 0 Å². The number of hydrogen-bond acceptors (Lipinski definition) is 4. The van der Waals surface area contributed by atoms with Crippen LogP contribution in [0, 0.1) is 0 Å². The number of hydrogen-bond donors (Lipinski definition) is 1. The third-order valence-electron chi connectivity index (χ3n) is 2.51. The Morgan fingerprint density at radius 2 is 1.94 bits per heavy atom. The summed E-state index contributed by atoms with van der Waals surface area (Å²) in [6, 6.07) is 7.80. The standard InChI is InChI=1S/C12H7Br2N3S/c13-7-1-2-9-8(4-7)11(15)17-12(16-9)6-3-10(14)18-5-6/h1-5H,(H2,15,16,17). The Hall–Kier alpha value is -0.980. The first-order valence-electron chi connectivity index (χ1n) is 5.10. The Morgan fingerprint density at radius 3 is 2.67 bits per heavy atom. The summed E-state index contributed by atoms with van der Waals surface area (Å²) in [5.41, 5.74) is 7.82. The largest absolute Gasteiger partial charge is 0.383 e. The third kappa shape index (κ3) is 2.15. The molecule has 2 aromatic heterocycles. The summed E-state index contributed by atoms with van der Waals surface area (Å²) in [6.45, 7) is 0. The van der Waals surface area contributed by atoms with Gasteiger partial charge in [0.15, 0.2) is 5.82 Å². The zero-order valence-corrected chi connectivity index (χ0v) is 13.0. The highest BCUT2D eigenvalue weighted by Crippen LogP contribution is 2.30. The van der Waals surface area contributed by atoms with Crippen molar-refractivity contribution in [1.82, 2.24) is 9.97 Å². The molecule has 0 aliphatic heterocycles. The maximum absolute atomic E-state index is 5.99. The van der Waals surface area contributed by atoms with Crippen molar-refractivity contribution in [3.8, 4) is 11.4 Å². The number of halogens is 2. The summed E-state index contributed by atoms with van der Waals surface area (Å²) in [4.78, 5) is 8.89. The van der Waals surface area contributed by atoms with Gasteiger partial charge in [-0.2, -0.15) is 0 Å². The quantitative estimate of drug-likeness (QED) is 0.673. The lowest BCUT2D eigenvalue weighted by Crippen LogP contribution is -1.97. The van der Waals surface area contributed by atoms with Gasteiger partial charge in [-0.05, 0) is 40.2 Å². The maximum Gasteiger partial charge on any atom is 0.163 e. The molecular formula is C12H7Br2N3S. The first kappa shape index (κ1) is 12.1. The predicted molar refractivity (Wildman–Crippen MR) is 82.7 cm³/mol. The molecule has 18 heavy (non-hydrogen) atoms. The number of nitrogens with zero attached hydrogens (tertiary/aromatic N) is 2. The van der Waals surface area contributed by atoms with Crippen LogP contribution < -0.4 is 5.73 Å². The van der Waals surface area contributed by atoms with Crippen molar-refractivity contribution in [2.45, 2.75) is 0 Å². The molecule has 3 aromatic rings. The molecule has 0 saturated heterocycles. The van der Waals surface area contributed by atoms with Crippen LogP contribution in [0.25, 0.3) is 22.3 Å². The van der Waals surface area contributed by atoms with E-state index >= 15 is 0 Å². The normalized spacial score (nSPS) is 11.0. The fourth-order valence-electron chi connectivity index (χ4n) is 1.68. The van der Waals surface area contributed by atoms with E-state index in [2.05, 4.69) is 41.8 Å². The Morgan fingerprint density at radius 1 is 1.11 bits per heavy atom. The maximum atomic E-state index is 5.99. The first-order chi connectivity index (χ1) is 8.63.